The maximum absolute atomic E-state index is 12.0. The highest BCUT2D eigenvalue weighted by Crippen LogP contribution is 2.17. The molecule has 0 atom stereocenters. The summed E-state index contributed by atoms with van der Waals surface area (Å²) in [6, 6.07) is 15.3. The topological polar surface area (TPSA) is 37.3 Å². The van der Waals surface area contributed by atoms with E-state index in [1.165, 1.54) is 0 Å². The third-order valence-corrected chi connectivity index (χ3v) is 2.72. The largest absolute Gasteiger partial charge is 0.508 e. The number of phenols is 1. The molecule has 0 unspecified atom stereocenters. The van der Waals surface area contributed by atoms with Crippen LogP contribution in [0.3, 0.4) is 0 Å². The summed E-state index contributed by atoms with van der Waals surface area (Å²) in [6.45, 7) is 0. The van der Waals surface area contributed by atoms with Crippen LogP contribution < -0.4 is 0 Å². The van der Waals surface area contributed by atoms with Crippen LogP contribution in [0.25, 0.3) is 6.08 Å². The lowest BCUT2D eigenvalue weighted by atomic mass is 10.1. The summed E-state index contributed by atoms with van der Waals surface area (Å²) in [6.07, 6.45) is 1.58. The lowest BCUT2D eigenvalue weighted by molar-refractivity contribution is 0.104. The summed E-state index contributed by atoms with van der Waals surface area (Å²) in [4.78, 5) is 12.0. The predicted molar refractivity (Wildman–Crippen MR) is 72.7 cm³/mol. The minimum Gasteiger partial charge on any atom is -0.508 e. The van der Waals surface area contributed by atoms with Crippen molar-refractivity contribution in [2.75, 3.05) is 0 Å². The van der Waals surface area contributed by atoms with Crippen LogP contribution in [0.5, 0.6) is 5.75 Å². The zero-order valence-electron chi connectivity index (χ0n) is 9.51. The molecule has 3 heteroatoms. The Balaban J connectivity index is 2.23. The van der Waals surface area contributed by atoms with Gasteiger partial charge in [-0.15, -0.1) is 0 Å². The molecule has 2 aromatic rings. The Hall–Kier alpha value is -2.06. The number of hydrogen-bond donors (Lipinski definition) is 1. The van der Waals surface area contributed by atoms with E-state index in [9.17, 15) is 4.79 Å². The first-order chi connectivity index (χ1) is 8.66. The molecular weight excluding hydrogens is 248 g/mol. The average molecular weight is 259 g/mol. The van der Waals surface area contributed by atoms with Crippen molar-refractivity contribution in [3.63, 3.8) is 0 Å². The van der Waals surface area contributed by atoms with Crippen LogP contribution in [0.4, 0.5) is 0 Å². The number of allylic oxidation sites excluding steroid dienone is 1. The molecule has 0 amide bonds. The molecule has 18 heavy (non-hydrogen) atoms. The summed E-state index contributed by atoms with van der Waals surface area (Å²) in [7, 11) is 0. The highest BCUT2D eigenvalue weighted by Gasteiger charge is 2.09. The second-order valence-corrected chi connectivity index (χ2v) is 4.19. The van der Waals surface area contributed by atoms with E-state index in [-0.39, 0.29) is 16.6 Å². The fourth-order valence-electron chi connectivity index (χ4n) is 1.51. The van der Waals surface area contributed by atoms with Crippen molar-refractivity contribution in [3.05, 3.63) is 70.8 Å². The molecule has 0 aliphatic carbocycles. The van der Waals surface area contributed by atoms with Crippen LogP contribution in [-0.4, -0.2) is 10.9 Å². The van der Waals surface area contributed by atoms with Crippen molar-refractivity contribution in [2.24, 2.45) is 0 Å². The van der Waals surface area contributed by atoms with Crippen molar-refractivity contribution in [3.8, 4) is 5.75 Å². The maximum Gasteiger partial charge on any atom is 0.204 e. The molecule has 2 nitrogen and oxygen atoms in total. The first-order valence-corrected chi connectivity index (χ1v) is 5.80. The molecule has 0 bridgehead atoms. The summed E-state index contributed by atoms with van der Waals surface area (Å²) in [5.74, 6) is -0.0389. The second kappa shape index (κ2) is 5.52. The fourth-order valence-corrected chi connectivity index (χ4v) is 1.74. The van der Waals surface area contributed by atoms with E-state index in [1.54, 1.807) is 54.6 Å². The van der Waals surface area contributed by atoms with Gasteiger partial charge >= 0.3 is 0 Å². The molecular formula is C15H11ClO2. The Bertz CT molecular complexity index is 571. The predicted octanol–water partition coefficient (Wildman–Crippen LogP) is 3.85. The number of hydrogen-bond acceptors (Lipinski definition) is 2. The third kappa shape index (κ3) is 2.99. The van der Waals surface area contributed by atoms with Crippen LogP contribution in [0.2, 0.25) is 0 Å². The Morgan fingerprint density at radius 1 is 1.00 bits per heavy atom. The number of phenolic OH excluding ortho intramolecular Hbond substituents is 1. The van der Waals surface area contributed by atoms with E-state index in [1.807, 2.05) is 6.07 Å². The number of Topliss-reactive ketones (excluding diaryl/α,β-unsaturated/α-hetero) is 1. The van der Waals surface area contributed by atoms with Gasteiger partial charge in [-0.3, -0.25) is 4.79 Å². The Kier molecular flexibility index (Phi) is 3.80. The van der Waals surface area contributed by atoms with Gasteiger partial charge in [0.2, 0.25) is 5.78 Å². The number of rotatable bonds is 3. The number of ketones is 1. The minimum atomic E-state index is -0.217. The highest BCUT2D eigenvalue weighted by molar-refractivity contribution is 6.47. The maximum atomic E-state index is 12.0. The van der Waals surface area contributed by atoms with Gasteiger partial charge < -0.3 is 5.11 Å². The average Bonchev–Trinajstić information content (AvgIpc) is 2.41. The molecule has 0 aliphatic rings. The first-order valence-electron chi connectivity index (χ1n) is 5.43. The monoisotopic (exact) mass is 258 g/mol. The zero-order chi connectivity index (χ0) is 13.0. The third-order valence-electron chi connectivity index (χ3n) is 2.44. The summed E-state index contributed by atoms with van der Waals surface area (Å²) < 4.78 is 0. The minimum absolute atomic E-state index is 0.145. The molecule has 0 saturated carbocycles. The molecule has 0 saturated heterocycles. The van der Waals surface area contributed by atoms with E-state index < -0.39 is 0 Å². The van der Waals surface area contributed by atoms with Crippen molar-refractivity contribution in [1.29, 1.82) is 0 Å². The van der Waals surface area contributed by atoms with Gasteiger partial charge in [0.25, 0.3) is 0 Å². The lowest BCUT2D eigenvalue weighted by Gasteiger charge is -2.00. The number of carbonyl (C=O) groups is 1. The van der Waals surface area contributed by atoms with E-state index in [2.05, 4.69) is 0 Å². The van der Waals surface area contributed by atoms with Gasteiger partial charge in [0.05, 0.1) is 5.03 Å². The molecule has 0 aliphatic heterocycles. The standard InChI is InChI=1S/C15H11ClO2/c16-14(10-11-6-8-13(17)9-7-11)15(18)12-4-2-1-3-5-12/h1-10,17H/b14-10-. The van der Waals surface area contributed by atoms with Gasteiger partial charge in [-0.1, -0.05) is 54.1 Å². The quantitative estimate of drug-likeness (QED) is 0.671. The number of aromatic hydroxyl groups is 1. The van der Waals surface area contributed by atoms with E-state index in [4.69, 9.17) is 16.7 Å². The smallest absolute Gasteiger partial charge is 0.204 e. The zero-order valence-corrected chi connectivity index (χ0v) is 10.3. The molecule has 1 N–H and O–H groups in total. The molecule has 0 spiro atoms. The molecule has 2 rings (SSSR count). The normalized spacial score (nSPS) is 11.3. The van der Waals surface area contributed by atoms with E-state index in [0.717, 1.165) is 5.56 Å². The van der Waals surface area contributed by atoms with Crippen molar-refractivity contribution >= 4 is 23.5 Å². The van der Waals surface area contributed by atoms with Crippen molar-refractivity contribution < 1.29 is 9.90 Å². The van der Waals surface area contributed by atoms with Gasteiger partial charge in [-0.25, -0.2) is 0 Å². The number of carbonyl (C=O) groups excluding carboxylic acids is 1. The highest BCUT2D eigenvalue weighted by atomic mass is 35.5. The van der Waals surface area contributed by atoms with Crippen LogP contribution in [0, 0.1) is 0 Å². The van der Waals surface area contributed by atoms with Gasteiger partial charge in [0, 0.05) is 5.56 Å². The summed E-state index contributed by atoms with van der Waals surface area (Å²) in [5.41, 5.74) is 1.32. The van der Waals surface area contributed by atoms with Gasteiger partial charge in [0.1, 0.15) is 5.75 Å². The van der Waals surface area contributed by atoms with Gasteiger partial charge in [-0.2, -0.15) is 0 Å². The lowest BCUT2D eigenvalue weighted by Crippen LogP contribution is -1.98. The SMILES string of the molecule is O=C(/C(Cl)=C/c1ccc(O)cc1)c1ccccc1. The Labute approximate surface area is 110 Å². The van der Waals surface area contributed by atoms with Crippen LogP contribution in [0.1, 0.15) is 15.9 Å². The van der Waals surface area contributed by atoms with Crippen LogP contribution in [-0.2, 0) is 0 Å². The molecule has 0 fully saturated rings. The Morgan fingerprint density at radius 3 is 2.22 bits per heavy atom. The fraction of sp³-hybridized carbons (Fsp3) is 0. The van der Waals surface area contributed by atoms with Gasteiger partial charge in [0.15, 0.2) is 0 Å². The Morgan fingerprint density at radius 2 is 1.61 bits per heavy atom. The molecule has 90 valence electrons. The van der Waals surface area contributed by atoms with Gasteiger partial charge in [-0.05, 0) is 23.8 Å². The summed E-state index contributed by atoms with van der Waals surface area (Å²) in [5, 5.41) is 9.30. The van der Waals surface area contributed by atoms with Crippen LogP contribution in [0.15, 0.2) is 59.6 Å². The molecule has 0 radical (unpaired) electrons. The molecule has 2 aromatic carbocycles. The second-order valence-electron chi connectivity index (χ2n) is 3.78. The van der Waals surface area contributed by atoms with Crippen molar-refractivity contribution in [2.45, 2.75) is 0 Å². The van der Waals surface area contributed by atoms with E-state index >= 15 is 0 Å². The number of halogens is 1. The molecule has 0 aromatic heterocycles. The molecule has 0 heterocycles. The van der Waals surface area contributed by atoms with Crippen LogP contribution >= 0.6 is 11.6 Å². The van der Waals surface area contributed by atoms with E-state index in [0.29, 0.717) is 5.56 Å². The summed E-state index contributed by atoms with van der Waals surface area (Å²) >= 11 is 5.99. The van der Waals surface area contributed by atoms with Crippen molar-refractivity contribution in [1.82, 2.24) is 0 Å². The first kappa shape index (κ1) is 12.4. The number of benzene rings is 2.